The van der Waals surface area contributed by atoms with Crippen molar-refractivity contribution >= 4 is 21.9 Å². The Morgan fingerprint density at radius 3 is 2.33 bits per heavy atom. The van der Waals surface area contributed by atoms with E-state index in [1.807, 2.05) is 4.90 Å². The first kappa shape index (κ1) is 36.1. The Kier molecular flexibility index (Phi) is 9.87. The molecule has 1 heterocycles. The molecule has 8 nitrogen and oxygen atoms in total. The molecule has 2 N–H and O–H groups in total. The van der Waals surface area contributed by atoms with E-state index in [1.165, 1.54) is 66.7 Å². The number of rotatable bonds is 9. The summed E-state index contributed by atoms with van der Waals surface area (Å²) in [7, 11) is -3.22. The second-order valence-electron chi connectivity index (χ2n) is 17.5. The molecule has 0 bridgehead atoms. The summed E-state index contributed by atoms with van der Waals surface area (Å²) < 4.78 is 25.4. The number of piperazine rings is 1. The van der Waals surface area contributed by atoms with Gasteiger partial charge in [-0.15, -0.1) is 0 Å². The molecule has 1 amide bonds. The lowest BCUT2D eigenvalue weighted by molar-refractivity contribution is -0.212. The van der Waals surface area contributed by atoms with Crippen molar-refractivity contribution < 1.29 is 23.1 Å². The number of carbonyl (C=O) groups is 2. The average Bonchev–Trinajstić information content (AvgIpc) is 3.46. The number of hydrogen-bond acceptors (Lipinski definition) is 5. The van der Waals surface area contributed by atoms with Crippen molar-refractivity contribution in [2.45, 2.75) is 124 Å². The van der Waals surface area contributed by atoms with Gasteiger partial charge in [-0.1, -0.05) is 53.2 Å². The van der Waals surface area contributed by atoms with E-state index < -0.39 is 16.0 Å². The number of fused-ring (bicyclic) bond motifs is 7. The molecule has 0 spiro atoms. The summed E-state index contributed by atoms with van der Waals surface area (Å²) in [5, 5.41) is 13.3. The summed E-state index contributed by atoms with van der Waals surface area (Å²) in [4.78, 5) is 26.7. The smallest absolute Gasteiger partial charge is 0.303 e. The number of amides is 1. The molecule has 6 rings (SSSR count). The minimum Gasteiger partial charge on any atom is -0.481 e. The van der Waals surface area contributed by atoms with Gasteiger partial charge in [-0.2, -0.15) is 4.31 Å². The van der Waals surface area contributed by atoms with Gasteiger partial charge in [0, 0.05) is 38.1 Å². The fourth-order valence-electron chi connectivity index (χ4n) is 13.0. The van der Waals surface area contributed by atoms with Crippen molar-refractivity contribution in [1.82, 2.24) is 14.5 Å². The molecule has 1 saturated heterocycles. The fourth-order valence-corrected chi connectivity index (χ4v) is 13.9. The Bertz CT molecular complexity index is 1430. The minimum absolute atomic E-state index is 0.0354. The van der Waals surface area contributed by atoms with E-state index in [0.717, 1.165) is 25.7 Å². The van der Waals surface area contributed by atoms with Gasteiger partial charge < -0.3 is 15.3 Å². The van der Waals surface area contributed by atoms with Crippen molar-refractivity contribution in [2.24, 2.45) is 45.8 Å². The van der Waals surface area contributed by atoms with E-state index in [-0.39, 0.29) is 34.1 Å². The second-order valence-corrected chi connectivity index (χ2v) is 19.4. The Morgan fingerprint density at radius 2 is 1.67 bits per heavy atom. The van der Waals surface area contributed by atoms with Crippen LogP contribution in [-0.2, 0) is 19.6 Å². The first-order chi connectivity index (χ1) is 22.6. The molecule has 5 fully saturated rings. The number of nitrogens with zero attached hydrogens (tertiary/aromatic N) is 2. The van der Waals surface area contributed by atoms with Gasteiger partial charge >= 0.3 is 5.97 Å². The summed E-state index contributed by atoms with van der Waals surface area (Å²) in [5.41, 5.74) is 3.54. The highest BCUT2D eigenvalue weighted by Crippen LogP contribution is 2.75. The maximum Gasteiger partial charge on any atom is 0.303 e. The molecular formula is C39H63N3O5S. The van der Waals surface area contributed by atoms with Crippen molar-refractivity contribution in [3.8, 4) is 0 Å². The monoisotopic (exact) mass is 685 g/mol. The van der Waals surface area contributed by atoms with Crippen LogP contribution in [0.3, 0.4) is 0 Å². The lowest BCUT2D eigenvalue weighted by Gasteiger charge is -2.71. The molecule has 0 aromatic heterocycles. The highest BCUT2D eigenvalue weighted by Gasteiger charge is 2.68. The van der Waals surface area contributed by atoms with Crippen molar-refractivity contribution in [3.63, 3.8) is 0 Å². The number of sulfonamides is 1. The summed E-state index contributed by atoms with van der Waals surface area (Å²) in [6.07, 6.45) is 20.0. The first-order valence-corrected chi connectivity index (χ1v) is 21.0. The van der Waals surface area contributed by atoms with Gasteiger partial charge in [-0.25, -0.2) is 8.42 Å². The van der Waals surface area contributed by atoms with E-state index in [0.29, 0.717) is 68.7 Å². The van der Waals surface area contributed by atoms with Gasteiger partial charge in [-0.05, 0) is 128 Å². The van der Waals surface area contributed by atoms with Gasteiger partial charge in [0.25, 0.3) is 0 Å². The minimum atomic E-state index is -3.22. The first-order valence-electron chi connectivity index (χ1n) is 19.2. The van der Waals surface area contributed by atoms with Crippen molar-refractivity contribution in [3.05, 3.63) is 23.3 Å². The van der Waals surface area contributed by atoms with E-state index in [4.69, 9.17) is 0 Å². The third kappa shape index (κ3) is 5.93. The molecule has 1 aliphatic heterocycles. The van der Waals surface area contributed by atoms with Gasteiger partial charge in [0.2, 0.25) is 15.9 Å². The highest BCUT2D eigenvalue weighted by molar-refractivity contribution is 7.88. The van der Waals surface area contributed by atoms with Crippen LogP contribution in [0, 0.1) is 45.8 Å². The molecule has 9 heteroatoms. The standard InChI is InChI=1S/C39H63N3O5S/c1-7-9-28(11-14-35(44)45)29-15-18-36(3)30(27(29)2)16-19-38(5)33(36)13-12-31-32-10-8-17-39(32,21-20-37(31,38)4)40-26-34(43)41-22-24-42(25-23-41)48(6,46)47/h9,15,27,30-33,40H,7-8,10-14,16-26H2,1-6H3,(H,44,45)/b28-9+/t27?,30?,31?,32?,33?,36?,37-,38?,39?/m1/s1. The summed E-state index contributed by atoms with van der Waals surface area (Å²) in [6.45, 7) is 14.6. The summed E-state index contributed by atoms with van der Waals surface area (Å²) in [5.74, 6) is 2.42. The van der Waals surface area contributed by atoms with Crippen LogP contribution < -0.4 is 5.32 Å². The maximum absolute atomic E-state index is 13.4. The van der Waals surface area contributed by atoms with Gasteiger partial charge in [0.05, 0.1) is 12.8 Å². The summed E-state index contributed by atoms with van der Waals surface area (Å²) in [6, 6.07) is 0. The zero-order valence-electron chi connectivity index (χ0n) is 30.7. The average molecular weight is 686 g/mol. The van der Waals surface area contributed by atoms with Crippen LogP contribution >= 0.6 is 0 Å². The normalized spacial score (nSPS) is 41.9. The number of hydrogen-bond donors (Lipinski definition) is 2. The maximum atomic E-state index is 13.4. The second kappa shape index (κ2) is 13.1. The molecule has 5 aliphatic carbocycles. The lowest BCUT2D eigenvalue weighted by atomic mass is 9.34. The van der Waals surface area contributed by atoms with Crippen LogP contribution in [0.1, 0.15) is 118 Å². The number of carboxylic acids is 1. The lowest BCUT2D eigenvalue weighted by Crippen LogP contribution is -2.67. The molecule has 270 valence electrons. The third-order valence-electron chi connectivity index (χ3n) is 15.6. The number of carboxylic acid groups (broad SMARTS) is 1. The van der Waals surface area contributed by atoms with Gasteiger partial charge in [0.1, 0.15) is 0 Å². The van der Waals surface area contributed by atoms with Crippen LogP contribution in [0.4, 0.5) is 0 Å². The van der Waals surface area contributed by atoms with Crippen LogP contribution in [0.25, 0.3) is 0 Å². The SMILES string of the molecule is CC/C=C(\CCC(=O)O)C1=CCC2(C)C(CCC3(C)C2CCC2C4CCCC4(NCC(=O)N4CCN(S(C)(=O)=O)CC4)CC[C@]23C)C1C. The Hall–Kier alpha value is -1.71. The van der Waals surface area contributed by atoms with Crippen LogP contribution in [-0.4, -0.2) is 79.1 Å². The zero-order chi connectivity index (χ0) is 34.7. The van der Waals surface area contributed by atoms with Crippen molar-refractivity contribution in [1.29, 1.82) is 0 Å². The number of aliphatic carboxylic acids is 1. The predicted molar refractivity (Wildman–Crippen MR) is 191 cm³/mol. The van der Waals surface area contributed by atoms with E-state index >= 15 is 0 Å². The van der Waals surface area contributed by atoms with E-state index in [1.54, 1.807) is 0 Å². The Labute approximate surface area is 290 Å². The number of carbonyl (C=O) groups excluding carboxylic acids is 1. The zero-order valence-corrected chi connectivity index (χ0v) is 31.5. The van der Waals surface area contributed by atoms with Gasteiger partial charge in [-0.3, -0.25) is 9.59 Å². The number of allylic oxidation sites excluding steroid dienone is 4. The molecule has 8 unspecified atom stereocenters. The molecular weight excluding hydrogens is 623 g/mol. The molecule has 48 heavy (non-hydrogen) atoms. The highest BCUT2D eigenvalue weighted by atomic mass is 32.2. The molecule has 6 aliphatic rings. The van der Waals surface area contributed by atoms with Gasteiger partial charge in [0.15, 0.2) is 0 Å². The van der Waals surface area contributed by atoms with E-state index in [2.05, 4.69) is 52.1 Å². The fraction of sp³-hybridized carbons (Fsp3) is 0.846. The third-order valence-corrected chi connectivity index (χ3v) is 16.9. The van der Waals surface area contributed by atoms with E-state index in [9.17, 15) is 23.1 Å². The molecule has 4 saturated carbocycles. The topological polar surface area (TPSA) is 107 Å². The van der Waals surface area contributed by atoms with Crippen molar-refractivity contribution in [2.75, 3.05) is 39.0 Å². The van der Waals surface area contributed by atoms with Crippen LogP contribution in [0.15, 0.2) is 23.3 Å². The van der Waals surface area contributed by atoms with Crippen LogP contribution in [0.2, 0.25) is 0 Å². The summed E-state index contributed by atoms with van der Waals surface area (Å²) >= 11 is 0. The number of nitrogens with one attached hydrogen (secondary N) is 1. The Balaban J connectivity index is 1.17. The molecule has 9 atom stereocenters. The molecule has 0 radical (unpaired) electrons. The Morgan fingerprint density at radius 1 is 0.938 bits per heavy atom. The quantitative estimate of drug-likeness (QED) is 0.282. The largest absolute Gasteiger partial charge is 0.481 e. The molecule has 0 aromatic rings. The molecule has 0 aromatic carbocycles. The predicted octanol–water partition coefficient (Wildman–Crippen LogP) is 6.64. The van der Waals surface area contributed by atoms with Crippen LogP contribution in [0.5, 0.6) is 0 Å².